The van der Waals surface area contributed by atoms with Crippen molar-refractivity contribution < 1.29 is 13.9 Å². The highest BCUT2D eigenvalue weighted by molar-refractivity contribution is 5.96. The molecule has 4 rings (SSSR count). The zero-order chi connectivity index (χ0) is 18.7. The van der Waals surface area contributed by atoms with Crippen molar-refractivity contribution in [2.45, 2.75) is 43.7 Å². The van der Waals surface area contributed by atoms with Crippen LogP contribution in [0.25, 0.3) is 0 Å². The Morgan fingerprint density at radius 3 is 2.63 bits per heavy atom. The lowest BCUT2D eigenvalue weighted by atomic mass is 9.82. The Morgan fingerprint density at radius 2 is 1.85 bits per heavy atom. The maximum absolute atomic E-state index is 13.3. The monoisotopic (exact) mass is 368 g/mol. The van der Waals surface area contributed by atoms with Gasteiger partial charge in [-0.25, -0.2) is 4.39 Å². The molecule has 0 aromatic heterocycles. The number of amides is 1. The topological polar surface area (TPSA) is 50.4 Å². The molecule has 0 spiro atoms. The molecule has 27 heavy (non-hydrogen) atoms. The van der Waals surface area contributed by atoms with Crippen LogP contribution in [0.1, 0.15) is 30.4 Å². The molecule has 1 atom stereocenters. The van der Waals surface area contributed by atoms with Crippen LogP contribution in [0, 0.1) is 5.82 Å². The highest BCUT2D eigenvalue weighted by Crippen LogP contribution is 2.29. The highest BCUT2D eigenvalue weighted by Gasteiger charge is 2.37. The number of ether oxygens (including phenoxy) is 1. The van der Waals surface area contributed by atoms with E-state index in [4.69, 9.17) is 4.74 Å². The molecule has 2 aromatic rings. The van der Waals surface area contributed by atoms with Crippen LogP contribution in [0.5, 0.6) is 0 Å². The van der Waals surface area contributed by atoms with Crippen LogP contribution in [0.2, 0.25) is 0 Å². The molecule has 1 amide bonds. The molecule has 2 aromatic carbocycles. The average Bonchev–Trinajstić information content (AvgIpc) is 2.83. The number of carbonyl (C=O) groups excluding carboxylic acids is 1. The fourth-order valence-electron chi connectivity index (χ4n) is 4.15. The normalized spacial score (nSPS) is 21.8. The van der Waals surface area contributed by atoms with E-state index in [-0.39, 0.29) is 23.3 Å². The van der Waals surface area contributed by atoms with E-state index in [2.05, 4.69) is 16.7 Å². The molecule has 1 unspecified atom stereocenters. The first-order valence-electron chi connectivity index (χ1n) is 9.62. The molecule has 2 aliphatic heterocycles. The van der Waals surface area contributed by atoms with Crippen LogP contribution in [-0.2, 0) is 22.4 Å². The molecule has 2 N–H and O–H groups in total. The van der Waals surface area contributed by atoms with E-state index in [0.29, 0.717) is 13.2 Å². The highest BCUT2D eigenvalue weighted by atomic mass is 19.1. The summed E-state index contributed by atoms with van der Waals surface area (Å²) in [6.45, 7) is 1.34. The molecular formula is C22H25FN2O2. The first-order valence-corrected chi connectivity index (χ1v) is 9.62. The third-order valence-electron chi connectivity index (χ3n) is 5.68. The van der Waals surface area contributed by atoms with Crippen molar-refractivity contribution >= 4 is 11.6 Å². The summed E-state index contributed by atoms with van der Waals surface area (Å²) in [5, 5.41) is 6.74. The SMILES string of the molecule is O=C1Nc2ccccc2CCC1NC1(Cc2ccc(F)cc2)CCOCC1. The Labute approximate surface area is 159 Å². The predicted molar refractivity (Wildman–Crippen MR) is 103 cm³/mol. The second-order valence-electron chi connectivity index (χ2n) is 7.58. The molecule has 1 fully saturated rings. The minimum Gasteiger partial charge on any atom is -0.381 e. The van der Waals surface area contributed by atoms with Crippen molar-refractivity contribution in [3.8, 4) is 0 Å². The molecule has 142 valence electrons. The van der Waals surface area contributed by atoms with Crippen LogP contribution in [0.4, 0.5) is 10.1 Å². The van der Waals surface area contributed by atoms with Crippen molar-refractivity contribution in [3.05, 3.63) is 65.5 Å². The third-order valence-corrected chi connectivity index (χ3v) is 5.68. The lowest BCUT2D eigenvalue weighted by Crippen LogP contribution is -2.57. The number of fused-ring (bicyclic) bond motifs is 1. The maximum atomic E-state index is 13.3. The molecular weight excluding hydrogens is 343 g/mol. The summed E-state index contributed by atoms with van der Waals surface area (Å²) in [6.07, 6.45) is 4.04. The summed E-state index contributed by atoms with van der Waals surface area (Å²) in [5.41, 5.74) is 2.94. The van der Waals surface area contributed by atoms with Gasteiger partial charge >= 0.3 is 0 Å². The maximum Gasteiger partial charge on any atom is 0.241 e. The Hall–Kier alpha value is -2.24. The third kappa shape index (κ3) is 4.20. The lowest BCUT2D eigenvalue weighted by Gasteiger charge is -2.41. The first kappa shape index (κ1) is 18.1. The number of hydrogen-bond acceptors (Lipinski definition) is 3. The first-order chi connectivity index (χ1) is 13.1. The van der Waals surface area contributed by atoms with Crippen LogP contribution in [0.3, 0.4) is 0 Å². The molecule has 2 heterocycles. The van der Waals surface area contributed by atoms with E-state index < -0.39 is 0 Å². The smallest absolute Gasteiger partial charge is 0.241 e. The largest absolute Gasteiger partial charge is 0.381 e. The van der Waals surface area contributed by atoms with E-state index in [0.717, 1.165) is 43.4 Å². The average molecular weight is 368 g/mol. The van der Waals surface area contributed by atoms with Gasteiger partial charge in [0.1, 0.15) is 5.82 Å². The number of nitrogens with one attached hydrogen (secondary N) is 2. The van der Waals surface area contributed by atoms with Crippen LogP contribution >= 0.6 is 0 Å². The summed E-state index contributed by atoms with van der Waals surface area (Å²) in [5.74, 6) is -0.210. The van der Waals surface area contributed by atoms with Gasteiger partial charge < -0.3 is 10.1 Å². The summed E-state index contributed by atoms with van der Waals surface area (Å²) in [4.78, 5) is 12.8. The number of rotatable bonds is 4. The number of anilines is 1. The Bertz CT molecular complexity index is 800. The Kier molecular flexibility index (Phi) is 5.23. The second kappa shape index (κ2) is 7.79. The lowest BCUT2D eigenvalue weighted by molar-refractivity contribution is -0.119. The van der Waals surface area contributed by atoms with Gasteiger partial charge in [0.25, 0.3) is 0 Å². The van der Waals surface area contributed by atoms with Gasteiger partial charge in [0.15, 0.2) is 0 Å². The Balaban J connectivity index is 1.53. The van der Waals surface area contributed by atoms with E-state index in [9.17, 15) is 9.18 Å². The van der Waals surface area contributed by atoms with Gasteiger partial charge in [0.2, 0.25) is 5.91 Å². The number of carbonyl (C=O) groups is 1. The summed E-state index contributed by atoms with van der Waals surface area (Å²) in [6, 6.07) is 14.4. The summed E-state index contributed by atoms with van der Waals surface area (Å²) >= 11 is 0. The van der Waals surface area contributed by atoms with Gasteiger partial charge in [-0.05, 0) is 61.4 Å². The fourth-order valence-corrected chi connectivity index (χ4v) is 4.15. The molecule has 0 saturated carbocycles. The van der Waals surface area contributed by atoms with Gasteiger partial charge in [-0.15, -0.1) is 0 Å². The van der Waals surface area contributed by atoms with E-state index in [1.807, 2.05) is 30.3 Å². The zero-order valence-corrected chi connectivity index (χ0v) is 15.3. The summed E-state index contributed by atoms with van der Waals surface area (Å²) in [7, 11) is 0. The quantitative estimate of drug-likeness (QED) is 0.869. The molecule has 0 bridgehead atoms. The minimum atomic E-state index is -0.254. The van der Waals surface area contributed by atoms with Gasteiger partial charge in [-0.1, -0.05) is 30.3 Å². The van der Waals surface area contributed by atoms with Crippen molar-refractivity contribution in [1.82, 2.24) is 5.32 Å². The standard InChI is InChI=1S/C22H25FN2O2/c23-18-8-5-16(6-9-18)15-22(11-13-27-14-12-22)25-20-10-7-17-3-1-2-4-19(17)24-21(20)26/h1-6,8-9,20,25H,7,10-15H2,(H,24,26). The minimum absolute atomic E-state index is 0.0184. The van der Waals surface area contributed by atoms with Crippen molar-refractivity contribution in [2.75, 3.05) is 18.5 Å². The van der Waals surface area contributed by atoms with E-state index >= 15 is 0 Å². The van der Waals surface area contributed by atoms with Crippen LogP contribution in [0.15, 0.2) is 48.5 Å². The van der Waals surface area contributed by atoms with Gasteiger partial charge in [-0.3, -0.25) is 10.1 Å². The Morgan fingerprint density at radius 1 is 1.11 bits per heavy atom. The molecule has 0 radical (unpaired) electrons. The van der Waals surface area contributed by atoms with Crippen molar-refractivity contribution in [3.63, 3.8) is 0 Å². The number of hydrogen-bond donors (Lipinski definition) is 2. The fraction of sp³-hybridized carbons (Fsp3) is 0.409. The van der Waals surface area contributed by atoms with E-state index in [1.165, 1.54) is 17.7 Å². The van der Waals surface area contributed by atoms with Crippen LogP contribution < -0.4 is 10.6 Å². The molecule has 4 nitrogen and oxygen atoms in total. The zero-order valence-electron chi connectivity index (χ0n) is 15.3. The summed E-state index contributed by atoms with van der Waals surface area (Å²) < 4.78 is 18.8. The predicted octanol–water partition coefficient (Wildman–Crippen LogP) is 3.46. The van der Waals surface area contributed by atoms with Gasteiger partial charge in [0.05, 0.1) is 6.04 Å². The number of aryl methyl sites for hydroxylation is 1. The van der Waals surface area contributed by atoms with Gasteiger partial charge in [0, 0.05) is 24.4 Å². The van der Waals surface area contributed by atoms with Crippen LogP contribution in [-0.4, -0.2) is 30.7 Å². The number of benzene rings is 2. The van der Waals surface area contributed by atoms with Crippen molar-refractivity contribution in [2.24, 2.45) is 0 Å². The second-order valence-corrected chi connectivity index (χ2v) is 7.58. The van der Waals surface area contributed by atoms with Gasteiger partial charge in [-0.2, -0.15) is 0 Å². The molecule has 1 saturated heterocycles. The molecule has 0 aliphatic carbocycles. The van der Waals surface area contributed by atoms with E-state index in [1.54, 1.807) is 0 Å². The molecule has 5 heteroatoms. The molecule has 2 aliphatic rings. The van der Waals surface area contributed by atoms with Crippen molar-refractivity contribution in [1.29, 1.82) is 0 Å². The number of halogens is 1. The number of para-hydroxylation sites is 1.